The van der Waals surface area contributed by atoms with Crippen molar-refractivity contribution in [3.05, 3.63) is 144 Å². The normalized spacial score (nSPS) is 13.2. The number of rotatable bonds is 4. The van der Waals surface area contributed by atoms with Gasteiger partial charge in [-0.25, -0.2) is 0 Å². The van der Waals surface area contributed by atoms with Gasteiger partial charge in [-0.15, -0.1) is 53.6 Å². The van der Waals surface area contributed by atoms with Crippen LogP contribution in [0.1, 0.15) is 81.0 Å². The molecule has 1 radical (unpaired) electrons. The van der Waals surface area contributed by atoms with Crippen LogP contribution in [-0.4, -0.2) is 9.97 Å². The van der Waals surface area contributed by atoms with E-state index in [4.69, 9.17) is 4.42 Å². The first-order valence-electron chi connectivity index (χ1n) is 17.6. The molecule has 0 aliphatic heterocycles. The van der Waals surface area contributed by atoms with Crippen LogP contribution in [0.4, 0.5) is 0 Å². The molecule has 0 amide bonds. The molecule has 7 aromatic rings. The minimum absolute atomic E-state index is 0. The van der Waals surface area contributed by atoms with Gasteiger partial charge in [0.05, 0.1) is 17.2 Å². The van der Waals surface area contributed by atoms with Gasteiger partial charge >= 0.3 is 0 Å². The number of furan rings is 1. The van der Waals surface area contributed by atoms with Gasteiger partial charge in [-0.2, -0.15) is 5.26 Å². The zero-order valence-corrected chi connectivity index (χ0v) is 32.0. The predicted molar refractivity (Wildman–Crippen MR) is 204 cm³/mol. The molecule has 3 heterocycles. The van der Waals surface area contributed by atoms with Crippen molar-refractivity contribution in [3.63, 3.8) is 0 Å². The summed E-state index contributed by atoms with van der Waals surface area (Å²) in [5.74, 6) is 0.654. The van der Waals surface area contributed by atoms with Crippen LogP contribution in [0, 0.1) is 30.4 Å². The van der Waals surface area contributed by atoms with Crippen LogP contribution in [-0.2, 0) is 25.5 Å². The average Bonchev–Trinajstić information content (AvgIpc) is 3.54. The van der Waals surface area contributed by atoms with E-state index in [-0.39, 0.29) is 25.5 Å². The third-order valence-corrected chi connectivity index (χ3v) is 9.78. The maximum atomic E-state index is 9.90. The quantitative estimate of drug-likeness (QED) is 0.166. The number of hydrogen-bond donors (Lipinski definition) is 0. The van der Waals surface area contributed by atoms with E-state index >= 15 is 0 Å². The summed E-state index contributed by atoms with van der Waals surface area (Å²) in [5, 5.41) is 11.9. The molecule has 1 saturated carbocycles. The van der Waals surface area contributed by atoms with Crippen molar-refractivity contribution in [1.29, 1.82) is 5.26 Å². The number of nitriles is 1. The number of fused-ring (bicyclic) bond motifs is 3. The van der Waals surface area contributed by atoms with Gasteiger partial charge in [-0.1, -0.05) is 106 Å². The fourth-order valence-corrected chi connectivity index (χ4v) is 6.92. The SMILES string of the molecule is Cc1ccc(-c2[c-]cc(C(C)(C)C)cc2)nc1.N#Cc1ccc2c(oc3c(-c4ccccn4)[c-]ccc32)c1-c1ccc(C2CCCCC2)cc1.[Ir]. The fourth-order valence-electron chi connectivity index (χ4n) is 6.92. The minimum Gasteiger partial charge on any atom is -0.500 e. The number of aryl methyl sites for hydroxylation is 1. The maximum absolute atomic E-state index is 9.90. The number of nitrogens with zero attached hydrogens (tertiary/aromatic N) is 3. The van der Waals surface area contributed by atoms with Gasteiger partial charge in [-0.3, -0.25) is 0 Å². The standard InChI is InChI=1S/C30H23N2O.C16H18N.Ir/c31-19-23-16-17-25-24-9-6-10-26(27-11-4-5-18-32-27)29(24)33-30(25)28(23)22-14-12-21(13-15-22)20-7-2-1-3-8-20;1-12-5-10-15(17-11-12)13-6-8-14(9-7-13)16(2,3)4;/h4-6,9,11-18,20H,1-3,7-8H2;5-6,8-11H,1-4H3;/q2*-1;. The van der Waals surface area contributed by atoms with Gasteiger partial charge in [0.1, 0.15) is 5.58 Å². The summed E-state index contributed by atoms with van der Waals surface area (Å²) in [6.07, 6.45) is 10.2. The van der Waals surface area contributed by atoms with E-state index in [1.54, 1.807) is 6.20 Å². The molecule has 0 atom stereocenters. The Bertz CT molecular complexity index is 2270. The Kier molecular flexibility index (Phi) is 11.0. The van der Waals surface area contributed by atoms with Gasteiger partial charge in [0.2, 0.25) is 0 Å². The molecule has 0 spiro atoms. The predicted octanol–water partition coefficient (Wildman–Crippen LogP) is 12.2. The summed E-state index contributed by atoms with van der Waals surface area (Å²) in [6, 6.07) is 41.9. The Morgan fingerprint density at radius 1 is 0.784 bits per heavy atom. The van der Waals surface area contributed by atoms with Crippen molar-refractivity contribution in [1.82, 2.24) is 9.97 Å². The number of aromatic nitrogens is 2. The summed E-state index contributed by atoms with van der Waals surface area (Å²) in [7, 11) is 0. The van der Waals surface area contributed by atoms with E-state index < -0.39 is 0 Å². The first-order chi connectivity index (χ1) is 24.3. The van der Waals surface area contributed by atoms with E-state index in [0.29, 0.717) is 11.5 Å². The summed E-state index contributed by atoms with van der Waals surface area (Å²) in [5.41, 5.74) is 11.7. The maximum Gasteiger partial charge on any atom is 0.130 e. The van der Waals surface area contributed by atoms with Gasteiger partial charge in [0.25, 0.3) is 0 Å². The van der Waals surface area contributed by atoms with Gasteiger partial charge in [-0.05, 0) is 71.3 Å². The van der Waals surface area contributed by atoms with Crippen LogP contribution >= 0.6 is 0 Å². The first kappa shape index (κ1) is 35.9. The van der Waals surface area contributed by atoms with Gasteiger partial charge in [0.15, 0.2) is 0 Å². The van der Waals surface area contributed by atoms with Crippen LogP contribution in [0.5, 0.6) is 0 Å². The molecule has 1 aliphatic rings. The molecule has 8 rings (SSSR count). The average molecular weight is 844 g/mol. The van der Waals surface area contributed by atoms with Gasteiger partial charge < -0.3 is 14.4 Å². The summed E-state index contributed by atoms with van der Waals surface area (Å²) >= 11 is 0. The molecule has 4 aromatic carbocycles. The van der Waals surface area contributed by atoms with E-state index in [9.17, 15) is 5.26 Å². The third-order valence-electron chi connectivity index (χ3n) is 9.78. The molecule has 1 aliphatic carbocycles. The Balaban J connectivity index is 0.000000211. The summed E-state index contributed by atoms with van der Waals surface area (Å²) < 4.78 is 6.49. The van der Waals surface area contributed by atoms with Crippen LogP contribution in [0.3, 0.4) is 0 Å². The molecule has 4 nitrogen and oxygen atoms in total. The third kappa shape index (κ3) is 7.74. The molecule has 257 valence electrons. The number of hydrogen-bond acceptors (Lipinski definition) is 4. The second-order valence-corrected chi connectivity index (χ2v) is 14.3. The second-order valence-electron chi connectivity index (χ2n) is 14.3. The van der Waals surface area contributed by atoms with E-state index in [2.05, 4.69) is 97.5 Å². The molecule has 0 saturated heterocycles. The fraction of sp³-hybridized carbons (Fsp3) is 0.239. The van der Waals surface area contributed by atoms with E-state index in [0.717, 1.165) is 55.6 Å². The Labute approximate surface area is 315 Å². The Morgan fingerprint density at radius 2 is 1.57 bits per heavy atom. The molecule has 0 bridgehead atoms. The van der Waals surface area contributed by atoms with E-state index in [1.165, 1.54) is 48.8 Å². The number of benzene rings is 4. The molecule has 0 unspecified atom stereocenters. The molecule has 51 heavy (non-hydrogen) atoms. The van der Waals surface area contributed by atoms with Crippen molar-refractivity contribution >= 4 is 21.9 Å². The summed E-state index contributed by atoms with van der Waals surface area (Å²) in [4.78, 5) is 8.90. The second kappa shape index (κ2) is 15.6. The van der Waals surface area contributed by atoms with Crippen LogP contribution in [0.25, 0.3) is 55.6 Å². The zero-order chi connectivity index (χ0) is 34.7. The molecular formula is C46H41IrN3O-2. The van der Waals surface area contributed by atoms with E-state index in [1.807, 2.05) is 61.7 Å². The largest absolute Gasteiger partial charge is 0.500 e. The molecule has 1 fully saturated rings. The van der Waals surface area contributed by atoms with Crippen LogP contribution < -0.4 is 0 Å². The van der Waals surface area contributed by atoms with Crippen molar-refractivity contribution in [2.45, 2.75) is 71.1 Å². The van der Waals surface area contributed by atoms with Gasteiger partial charge in [0, 0.05) is 43.4 Å². The van der Waals surface area contributed by atoms with Crippen LogP contribution in [0.15, 0.2) is 114 Å². The Hall–Kier alpha value is -4.88. The molecule has 5 heteroatoms. The number of pyridine rings is 2. The first-order valence-corrected chi connectivity index (χ1v) is 17.6. The monoisotopic (exact) mass is 844 g/mol. The van der Waals surface area contributed by atoms with Crippen molar-refractivity contribution in [2.24, 2.45) is 0 Å². The minimum atomic E-state index is 0. The molecule has 0 N–H and O–H groups in total. The van der Waals surface area contributed by atoms with Crippen LogP contribution in [0.2, 0.25) is 0 Å². The Morgan fingerprint density at radius 3 is 2.22 bits per heavy atom. The van der Waals surface area contributed by atoms with Crippen molar-refractivity contribution in [2.75, 3.05) is 0 Å². The smallest absolute Gasteiger partial charge is 0.130 e. The topological polar surface area (TPSA) is 62.7 Å². The zero-order valence-electron chi connectivity index (χ0n) is 29.6. The molecular weight excluding hydrogens is 803 g/mol. The summed E-state index contributed by atoms with van der Waals surface area (Å²) in [6.45, 7) is 8.67. The molecule has 3 aromatic heterocycles. The van der Waals surface area contributed by atoms with Crippen molar-refractivity contribution in [3.8, 4) is 39.7 Å². The van der Waals surface area contributed by atoms with Crippen molar-refractivity contribution < 1.29 is 24.5 Å².